The third kappa shape index (κ3) is 2.63. The Balaban J connectivity index is 2.46. The number of rotatable bonds is 5. The normalized spacial score (nSPS) is 10.2. The van der Waals surface area contributed by atoms with Crippen LogP contribution in [0.4, 0.5) is 5.69 Å². The maximum absolute atomic E-state index is 11.1. The number of ether oxygens (including phenoxy) is 3. The van der Waals surface area contributed by atoms with Gasteiger partial charge in [0, 0.05) is 13.1 Å². The average molecular weight is 279 g/mol. The summed E-state index contributed by atoms with van der Waals surface area (Å²) in [5.74, 6) is 1.05. The van der Waals surface area contributed by atoms with Gasteiger partial charge in [-0.05, 0) is 0 Å². The first-order valence-electron chi connectivity index (χ1n) is 5.62. The van der Waals surface area contributed by atoms with Crippen molar-refractivity contribution in [2.75, 3.05) is 14.2 Å². The van der Waals surface area contributed by atoms with Crippen LogP contribution in [0.2, 0.25) is 0 Å². The molecule has 0 bridgehead atoms. The lowest BCUT2D eigenvalue weighted by Gasteiger charge is -2.10. The molecule has 0 N–H and O–H groups in total. The molecule has 0 aliphatic rings. The minimum absolute atomic E-state index is 0.0562. The Kier molecular flexibility index (Phi) is 3.74. The van der Waals surface area contributed by atoms with E-state index >= 15 is 0 Å². The van der Waals surface area contributed by atoms with Crippen molar-refractivity contribution in [2.24, 2.45) is 7.05 Å². The van der Waals surface area contributed by atoms with E-state index in [-0.39, 0.29) is 17.2 Å². The maximum Gasteiger partial charge on any atom is 0.315 e. The van der Waals surface area contributed by atoms with Gasteiger partial charge in [-0.3, -0.25) is 14.8 Å². The zero-order chi connectivity index (χ0) is 14.7. The van der Waals surface area contributed by atoms with Gasteiger partial charge in [0.2, 0.25) is 5.75 Å². The van der Waals surface area contributed by atoms with Crippen molar-refractivity contribution in [2.45, 2.75) is 0 Å². The smallest absolute Gasteiger partial charge is 0.315 e. The zero-order valence-electron chi connectivity index (χ0n) is 11.2. The van der Waals surface area contributed by atoms with Crippen LogP contribution in [-0.4, -0.2) is 28.9 Å². The molecule has 8 nitrogen and oxygen atoms in total. The van der Waals surface area contributed by atoms with Crippen molar-refractivity contribution in [3.05, 3.63) is 34.6 Å². The minimum atomic E-state index is -0.548. The van der Waals surface area contributed by atoms with Crippen LogP contribution in [0, 0.1) is 10.1 Å². The molecule has 2 rings (SSSR count). The molecule has 2 aromatic rings. The van der Waals surface area contributed by atoms with Crippen LogP contribution < -0.4 is 14.2 Å². The average Bonchev–Trinajstić information content (AvgIpc) is 2.83. The number of hydrogen-bond acceptors (Lipinski definition) is 6. The van der Waals surface area contributed by atoms with E-state index in [0.717, 1.165) is 0 Å². The van der Waals surface area contributed by atoms with Gasteiger partial charge in [-0.25, -0.2) is 0 Å². The molecular weight excluding hydrogens is 266 g/mol. The van der Waals surface area contributed by atoms with Crippen LogP contribution in [0.25, 0.3) is 0 Å². The van der Waals surface area contributed by atoms with Gasteiger partial charge in [0.15, 0.2) is 17.2 Å². The van der Waals surface area contributed by atoms with Crippen molar-refractivity contribution in [1.82, 2.24) is 9.78 Å². The van der Waals surface area contributed by atoms with E-state index in [0.29, 0.717) is 11.5 Å². The summed E-state index contributed by atoms with van der Waals surface area (Å²) in [4.78, 5) is 10.5. The van der Waals surface area contributed by atoms with E-state index in [1.54, 1.807) is 13.2 Å². The molecule has 1 aromatic heterocycles. The van der Waals surface area contributed by atoms with Crippen LogP contribution in [0.1, 0.15) is 0 Å². The van der Waals surface area contributed by atoms with Crippen molar-refractivity contribution >= 4 is 5.69 Å². The second kappa shape index (κ2) is 5.47. The molecule has 0 spiro atoms. The maximum atomic E-state index is 11.1. The third-order valence-electron chi connectivity index (χ3n) is 2.57. The predicted molar refractivity (Wildman–Crippen MR) is 69.5 cm³/mol. The molecule has 20 heavy (non-hydrogen) atoms. The number of aromatic nitrogens is 2. The number of nitrogens with zero attached hydrogens (tertiary/aromatic N) is 3. The van der Waals surface area contributed by atoms with E-state index < -0.39 is 4.92 Å². The predicted octanol–water partition coefficient (Wildman–Crippen LogP) is 2.14. The second-order valence-electron chi connectivity index (χ2n) is 3.88. The van der Waals surface area contributed by atoms with E-state index in [1.165, 1.54) is 37.2 Å². The number of hydrogen-bond donors (Lipinski definition) is 0. The highest BCUT2D eigenvalue weighted by Crippen LogP contribution is 2.40. The summed E-state index contributed by atoms with van der Waals surface area (Å²) in [6.45, 7) is 0. The molecule has 0 saturated carbocycles. The molecule has 0 aliphatic heterocycles. The van der Waals surface area contributed by atoms with Crippen molar-refractivity contribution < 1.29 is 19.1 Å². The van der Waals surface area contributed by atoms with Crippen molar-refractivity contribution in [3.8, 4) is 23.0 Å². The van der Waals surface area contributed by atoms with Crippen LogP contribution in [0.3, 0.4) is 0 Å². The Morgan fingerprint density at radius 3 is 2.35 bits per heavy atom. The molecule has 106 valence electrons. The number of nitro benzene ring substituents is 1. The first-order valence-corrected chi connectivity index (χ1v) is 5.62. The lowest BCUT2D eigenvalue weighted by atomic mass is 10.2. The molecule has 0 fully saturated rings. The molecule has 0 atom stereocenters. The fourth-order valence-electron chi connectivity index (χ4n) is 1.65. The van der Waals surface area contributed by atoms with Crippen LogP contribution in [-0.2, 0) is 7.05 Å². The number of methoxy groups -OCH3 is 2. The Morgan fingerprint density at radius 1 is 1.20 bits per heavy atom. The fraction of sp³-hybridized carbons (Fsp3) is 0.250. The SMILES string of the molecule is COc1cc(Oc2cnn(C)c2)c([N+](=O)[O-])cc1OC. The molecule has 0 aliphatic carbocycles. The molecule has 8 heteroatoms. The standard InChI is InChI=1S/C12H13N3O5/c1-14-7-8(6-13-14)20-10-5-12(19-3)11(18-2)4-9(10)15(16)17/h4-7H,1-3H3. The first kappa shape index (κ1) is 13.7. The van der Waals surface area contributed by atoms with Gasteiger partial charge in [-0.15, -0.1) is 0 Å². The van der Waals surface area contributed by atoms with E-state index in [9.17, 15) is 10.1 Å². The molecule has 0 radical (unpaired) electrons. The minimum Gasteiger partial charge on any atom is -0.493 e. The van der Waals surface area contributed by atoms with E-state index in [2.05, 4.69) is 5.10 Å². The van der Waals surface area contributed by atoms with Gasteiger partial charge in [0.1, 0.15) is 0 Å². The highest BCUT2D eigenvalue weighted by Gasteiger charge is 2.21. The monoisotopic (exact) mass is 279 g/mol. The van der Waals surface area contributed by atoms with Gasteiger partial charge in [-0.2, -0.15) is 5.10 Å². The number of nitro groups is 1. The quantitative estimate of drug-likeness (QED) is 0.615. The molecule has 0 saturated heterocycles. The number of benzene rings is 1. The Hall–Kier alpha value is -2.77. The highest BCUT2D eigenvalue weighted by molar-refractivity contribution is 5.59. The first-order chi connectivity index (χ1) is 9.55. The summed E-state index contributed by atoms with van der Waals surface area (Å²) in [6, 6.07) is 2.66. The van der Waals surface area contributed by atoms with Gasteiger partial charge in [0.25, 0.3) is 0 Å². The summed E-state index contributed by atoms with van der Waals surface area (Å²) in [7, 11) is 4.57. The highest BCUT2D eigenvalue weighted by atomic mass is 16.6. The summed E-state index contributed by atoms with van der Waals surface area (Å²) in [6.07, 6.45) is 3.06. The van der Waals surface area contributed by atoms with E-state index in [1.807, 2.05) is 0 Å². The fourth-order valence-corrected chi connectivity index (χ4v) is 1.65. The topological polar surface area (TPSA) is 88.7 Å². The van der Waals surface area contributed by atoms with Crippen LogP contribution >= 0.6 is 0 Å². The summed E-state index contributed by atoms with van der Waals surface area (Å²) < 4.78 is 17.1. The Labute approximate surface area is 114 Å². The van der Waals surface area contributed by atoms with Crippen molar-refractivity contribution in [3.63, 3.8) is 0 Å². The second-order valence-corrected chi connectivity index (χ2v) is 3.88. The lowest BCUT2D eigenvalue weighted by Crippen LogP contribution is -1.97. The molecule has 1 aromatic carbocycles. The van der Waals surface area contributed by atoms with Gasteiger partial charge >= 0.3 is 5.69 Å². The van der Waals surface area contributed by atoms with E-state index in [4.69, 9.17) is 14.2 Å². The van der Waals surface area contributed by atoms with Gasteiger partial charge < -0.3 is 14.2 Å². The Bertz CT molecular complexity index is 638. The van der Waals surface area contributed by atoms with Gasteiger partial charge in [-0.1, -0.05) is 0 Å². The van der Waals surface area contributed by atoms with Crippen molar-refractivity contribution in [1.29, 1.82) is 0 Å². The lowest BCUT2D eigenvalue weighted by molar-refractivity contribution is -0.385. The van der Waals surface area contributed by atoms with Gasteiger partial charge in [0.05, 0.1) is 37.6 Å². The summed E-state index contributed by atoms with van der Waals surface area (Å²) >= 11 is 0. The Morgan fingerprint density at radius 2 is 1.85 bits per heavy atom. The molecule has 0 amide bonds. The molecule has 0 unspecified atom stereocenters. The largest absolute Gasteiger partial charge is 0.493 e. The number of aryl methyl sites for hydroxylation is 1. The summed E-state index contributed by atoms with van der Waals surface area (Å²) in [5.41, 5.74) is -0.216. The molecular formula is C12H13N3O5. The zero-order valence-corrected chi connectivity index (χ0v) is 11.2. The van der Waals surface area contributed by atoms with Crippen LogP contribution in [0.15, 0.2) is 24.5 Å². The van der Waals surface area contributed by atoms with Crippen LogP contribution in [0.5, 0.6) is 23.0 Å². The third-order valence-corrected chi connectivity index (χ3v) is 2.57. The summed E-state index contributed by atoms with van der Waals surface area (Å²) in [5, 5.41) is 15.0. The molecule has 1 heterocycles.